The van der Waals surface area contributed by atoms with Crippen LogP contribution in [0.25, 0.3) is 0 Å². The Hall–Kier alpha value is -5.36. The van der Waals surface area contributed by atoms with Gasteiger partial charge in [-0.25, -0.2) is 0 Å². The second-order valence-corrected chi connectivity index (χ2v) is 13.5. The molecule has 5 N–H and O–H groups in total. The zero-order valence-electron chi connectivity index (χ0n) is 32.2. The van der Waals surface area contributed by atoms with Crippen molar-refractivity contribution in [2.24, 2.45) is 0 Å². The number of halogens is 3. The van der Waals surface area contributed by atoms with Crippen LogP contribution in [-0.4, -0.2) is 65.3 Å². The summed E-state index contributed by atoms with van der Waals surface area (Å²) in [5, 5.41) is 46.2. The summed E-state index contributed by atoms with van der Waals surface area (Å²) in [5.41, 5.74) is 1.14. The molecule has 0 saturated carbocycles. The standard InChI is InChI=1S/C9H8O4.C9H10O3.2C7H5BrO3.C7H6O3.CH3.ClH.Zn/c1-5(10)6-2-8-9(3-7(6)11)13-4-12-8;1-2-6-3-8-9(4-7(6)10)12-5-11-8;2*8-4-1-6-7(2-5(4)9)11-3-10-6;8-5-1-2-6-7(3-5)10-4-9-6;;;/h2-3,11H,4H2,1H3;3-4,10H,2,5H2,1H3;2*1-2,9H,3H2;1-3,8H,4H2;1H3;1H;/q;;;;;-1;;. The molecule has 5 aromatic carbocycles. The molecule has 318 valence electrons. The van der Waals surface area contributed by atoms with E-state index in [2.05, 4.69) is 31.9 Å². The molecule has 0 radical (unpaired) electrons. The molecule has 0 amide bonds. The van der Waals surface area contributed by atoms with Crippen LogP contribution in [0.15, 0.2) is 75.7 Å². The summed E-state index contributed by atoms with van der Waals surface area (Å²) in [6.45, 7) is 4.46. The van der Waals surface area contributed by atoms with Crippen LogP contribution in [0, 0.1) is 7.43 Å². The number of ether oxygens (including phenoxy) is 10. The number of phenols is 5. The van der Waals surface area contributed by atoms with Crippen molar-refractivity contribution >= 4 is 50.1 Å². The van der Waals surface area contributed by atoms with Crippen molar-refractivity contribution in [3.63, 3.8) is 0 Å². The normalized spacial score (nSPS) is 12.7. The van der Waals surface area contributed by atoms with Gasteiger partial charge in [0, 0.05) is 61.9 Å². The molecule has 20 heteroatoms. The van der Waals surface area contributed by atoms with Crippen LogP contribution in [0.1, 0.15) is 29.8 Å². The molecule has 16 nitrogen and oxygen atoms in total. The molecule has 0 unspecified atom stereocenters. The molecule has 0 spiro atoms. The van der Waals surface area contributed by atoms with Gasteiger partial charge in [-0.05, 0) is 75.0 Å². The van der Waals surface area contributed by atoms with E-state index in [1.807, 2.05) is 13.0 Å². The van der Waals surface area contributed by atoms with Crippen molar-refractivity contribution in [1.29, 1.82) is 0 Å². The summed E-state index contributed by atoms with van der Waals surface area (Å²) in [6, 6.07) is 17.5. The maximum absolute atomic E-state index is 11.0. The van der Waals surface area contributed by atoms with Crippen LogP contribution in [0.5, 0.6) is 86.2 Å². The molecule has 10 rings (SSSR count). The van der Waals surface area contributed by atoms with Crippen molar-refractivity contribution in [1.82, 2.24) is 0 Å². The molecule has 5 aromatic rings. The Kier molecular flexibility index (Phi) is 18.2. The first-order chi connectivity index (χ1) is 27.4. The Morgan fingerprint density at radius 2 is 0.833 bits per heavy atom. The van der Waals surface area contributed by atoms with Crippen molar-refractivity contribution < 1.29 is 97.2 Å². The van der Waals surface area contributed by atoms with Crippen molar-refractivity contribution in [3.8, 4) is 86.2 Å². The maximum atomic E-state index is 11.0. The topological polar surface area (TPSA) is 211 Å². The molecular weight excluding hydrogens is 997 g/mol. The minimum atomic E-state index is -0.198. The quantitative estimate of drug-likeness (QED) is 0.0636. The van der Waals surface area contributed by atoms with Gasteiger partial charge >= 0.3 is 0 Å². The molecule has 0 atom stereocenters. The monoisotopic (exact) mass is 1030 g/mol. The molecule has 0 bridgehead atoms. The Morgan fingerprint density at radius 3 is 1.25 bits per heavy atom. The molecule has 5 aliphatic rings. The van der Waals surface area contributed by atoms with Gasteiger partial charge in [0.2, 0.25) is 34.0 Å². The van der Waals surface area contributed by atoms with E-state index < -0.39 is 0 Å². The number of benzene rings is 5. The maximum Gasteiger partial charge on any atom is 0.231 e. The first-order valence-corrected chi connectivity index (χ1v) is 18.4. The van der Waals surface area contributed by atoms with Crippen LogP contribution in [0.4, 0.5) is 0 Å². The van der Waals surface area contributed by atoms with Gasteiger partial charge in [0.15, 0.2) is 63.3 Å². The molecule has 0 fully saturated rings. The zero-order valence-corrected chi connectivity index (χ0v) is 39.1. The third-order valence-electron chi connectivity index (χ3n) is 8.07. The van der Waals surface area contributed by atoms with Crippen LogP contribution in [0.2, 0.25) is 0 Å². The Balaban J connectivity index is 0.000000198. The van der Waals surface area contributed by atoms with E-state index in [4.69, 9.17) is 52.5 Å². The minimum Gasteiger partial charge on any atom is -0.508 e. The average Bonchev–Trinajstić information content (AvgIpc) is 4.04. The van der Waals surface area contributed by atoms with Gasteiger partial charge in [0.25, 0.3) is 0 Å². The number of hydrogen-bond acceptors (Lipinski definition) is 16. The van der Waals surface area contributed by atoms with E-state index >= 15 is 0 Å². The summed E-state index contributed by atoms with van der Waals surface area (Å²) in [5.74, 6) is 6.67. The van der Waals surface area contributed by atoms with Crippen LogP contribution < -0.4 is 47.4 Å². The van der Waals surface area contributed by atoms with Gasteiger partial charge in [-0.15, -0.1) is 12.4 Å². The number of Topliss-reactive ketones (excluding diaryl/α,β-unsaturated/α-hetero) is 1. The van der Waals surface area contributed by atoms with E-state index in [1.54, 1.807) is 30.3 Å². The van der Waals surface area contributed by atoms with E-state index in [-0.39, 0.29) is 113 Å². The summed E-state index contributed by atoms with van der Waals surface area (Å²) in [6.07, 6.45) is 0.794. The summed E-state index contributed by atoms with van der Waals surface area (Å²) >= 11 is 6.33. The molecular formula is C40H38Br2ClO16Zn-. The van der Waals surface area contributed by atoms with Crippen molar-refractivity contribution in [3.05, 3.63) is 94.2 Å². The SMILES string of the molecule is CC(=O)c1cc2c(cc1O)OCO2.CCc1cc2c(cc1O)OCO2.Cl.Oc1cc2c(cc1Br)OCO2.Oc1cc2c(cc1Br)OCO2.Oc1ccc2c(c1)OCO2.[CH3-].[Zn]. The van der Waals surface area contributed by atoms with Gasteiger partial charge in [0.05, 0.1) is 14.5 Å². The number of hydrogen-bond donors (Lipinski definition) is 5. The number of phenolic OH excluding ortho intramolecular Hbond substituents is 5. The predicted molar refractivity (Wildman–Crippen MR) is 220 cm³/mol. The largest absolute Gasteiger partial charge is 0.508 e. The average molecular weight is 1040 g/mol. The third kappa shape index (κ3) is 12.1. The first kappa shape index (κ1) is 49.0. The fourth-order valence-electron chi connectivity index (χ4n) is 5.17. The molecule has 0 saturated heterocycles. The van der Waals surface area contributed by atoms with Gasteiger partial charge in [-0.2, -0.15) is 0 Å². The van der Waals surface area contributed by atoms with Crippen molar-refractivity contribution in [2.45, 2.75) is 20.3 Å². The zero-order chi connectivity index (χ0) is 40.6. The number of fused-ring (bicyclic) bond motifs is 5. The number of aromatic hydroxyl groups is 5. The Bertz CT molecular complexity index is 2160. The molecule has 5 aliphatic heterocycles. The fraction of sp³-hybridized carbons (Fsp3) is 0.200. The summed E-state index contributed by atoms with van der Waals surface area (Å²) in [7, 11) is 0. The number of carbonyl (C=O) groups excluding carboxylic acids is 1. The van der Waals surface area contributed by atoms with Crippen molar-refractivity contribution in [2.75, 3.05) is 34.0 Å². The number of carbonyl (C=O) groups is 1. The molecule has 0 aliphatic carbocycles. The molecule has 60 heavy (non-hydrogen) atoms. The first-order valence-electron chi connectivity index (χ1n) is 16.8. The number of rotatable bonds is 2. The Morgan fingerprint density at radius 1 is 0.500 bits per heavy atom. The predicted octanol–water partition coefficient (Wildman–Crippen LogP) is 8.76. The van der Waals surface area contributed by atoms with Crippen LogP contribution in [-0.2, 0) is 25.9 Å². The van der Waals surface area contributed by atoms with E-state index in [0.717, 1.165) is 17.7 Å². The fourth-order valence-corrected chi connectivity index (χ4v) is 5.81. The summed E-state index contributed by atoms with van der Waals surface area (Å²) < 4.78 is 51.8. The van der Waals surface area contributed by atoms with Gasteiger partial charge in [-0.3, -0.25) is 4.79 Å². The Labute approximate surface area is 379 Å². The van der Waals surface area contributed by atoms with E-state index in [1.165, 1.54) is 37.3 Å². The second kappa shape index (κ2) is 22.3. The van der Waals surface area contributed by atoms with Gasteiger partial charge < -0.3 is 80.3 Å². The molecule has 5 heterocycles. The van der Waals surface area contributed by atoms with Gasteiger partial charge in [0.1, 0.15) is 28.7 Å². The smallest absolute Gasteiger partial charge is 0.231 e. The summed E-state index contributed by atoms with van der Waals surface area (Å²) in [4.78, 5) is 11.0. The number of aryl methyl sites for hydroxylation is 1. The van der Waals surface area contributed by atoms with Crippen LogP contribution >= 0.6 is 44.3 Å². The van der Waals surface area contributed by atoms with Crippen LogP contribution in [0.3, 0.4) is 0 Å². The van der Waals surface area contributed by atoms with E-state index in [9.17, 15) is 25.2 Å². The number of ketones is 1. The molecule has 0 aromatic heterocycles. The van der Waals surface area contributed by atoms with Gasteiger partial charge in [-0.1, -0.05) is 6.92 Å². The minimum absolute atomic E-state index is 0. The third-order valence-corrected chi connectivity index (χ3v) is 9.34. The second-order valence-electron chi connectivity index (χ2n) is 11.8. The van der Waals surface area contributed by atoms with E-state index in [0.29, 0.717) is 60.7 Å².